The molecule has 2 heterocycles. The van der Waals surface area contributed by atoms with E-state index in [9.17, 15) is 14.4 Å². The van der Waals surface area contributed by atoms with Crippen molar-refractivity contribution in [2.75, 3.05) is 46.2 Å². The summed E-state index contributed by atoms with van der Waals surface area (Å²) in [5, 5.41) is 9.03. The molecule has 2 aliphatic heterocycles. The number of aliphatic hydroxyl groups is 1. The monoisotopic (exact) mass is 378 g/mol. The van der Waals surface area contributed by atoms with Crippen LogP contribution in [0.15, 0.2) is 25.3 Å². The lowest BCUT2D eigenvalue weighted by Crippen LogP contribution is -2.59. The Bertz CT molecular complexity index is 544. The van der Waals surface area contributed by atoms with E-state index in [-0.39, 0.29) is 44.3 Å². The summed E-state index contributed by atoms with van der Waals surface area (Å²) in [6.45, 7) is 10.1. The molecule has 0 aromatic carbocycles. The summed E-state index contributed by atoms with van der Waals surface area (Å²) < 4.78 is 0. The predicted octanol–water partition coefficient (Wildman–Crippen LogP) is 0.215. The largest absolute Gasteiger partial charge is 0.396 e. The normalized spacial score (nSPS) is 19.1. The molecule has 0 aromatic rings. The van der Waals surface area contributed by atoms with Gasteiger partial charge in [-0.25, -0.2) is 0 Å². The Hall–Kier alpha value is -2.19. The highest BCUT2D eigenvalue weighted by atomic mass is 16.3. The van der Waals surface area contributed by atoms with Gasteiger partial charge in [0.15, 0.2) is 0 Å². The molecule has 8 heteroatoms. The van der Waals surface area contributed by atoms with E-state index in [2.05, 4.69) is 18.1 Å². The van der Waals surface area contributed by atoms with Crippen LogP contribution in [0.4, 0.5) is 0 Å². The third kappa shape index (κ3) is 5.90. The van der Waals surface area contributed by atoms with Gasteiger partial charge in [-0.3, -0.25) is 14.4 Å². The molecule has 27 heavy (non-hydrogen) atoms. The van der Waals surface area contributed by atoms with Crippen molar-refractivity contribution in [2.45, 2.75) is 25.7 Å². The van der Waals surface area contributed by atoms with Crippen LogP contribution >= 0.6 is 0 Å². The molecule has 8 nitrogen and oxygen atoms in total. The van der Waals surface area contributed by atoms with Crippen LogP contribution in [0, 0.1) is 5.92 Å². The number of carbonyl (C=O) groups is 3. The topological polar surface area (TPSA) is 84.4 Å². The molecular weight excluding hydrogens is 348 g/mol. The molecular formula is C19H30N4O4. The summed E-state index contributed by atoms with van der Waals surface area (Å²) in [4.78, 5) is 43.2. The van der Waals surface area contributed by atoms with Crippen LogP contribution in [0.25, 0.3) is 0 Å². The van der Waals surface area contributed by atoms with Crippen molar-refractivity contribution in [3.63, 3.8) is 0 Å². The third-order valence-electron chi connectivity index (χ3n) is 5.24. The number of likely N-dealkylation sites (tertiary alicyclic amines) is 1. The quantitative estimate of drug-likeness (QED) is 0.641. The van der Waals surface area contributed by atoms with Gasteiger partial charge < -0.3 is 24.7 Å². The lowest BCUT2D eigenvalue weighted by atomic mass is 9.94. The summed E-state index contributed by atoms with van der Waals surface area (Å²) in [5.74, 6) is -0.155. The molecule has 0 saturated carbocycles. The van der Waals surface area contributed by atoms with Crippen LogP contribution in [0.1, 0.15) is 25.7 Å². The fraction of sp³-hybridized carbons (Fsp3) is 0.632. The van der Waals surface area contributed by atoms with Crippen molar-refractivity contribution < 1.29 is 19.5 Å². The van der Waals surface area contributed by atoms with Crippen LogP contribution < -0.4 is 0 Å². The predicted molar refractivity (Wildman–Crippen MR) is 101 cm³/mol. The van der Waals surface area contributed by atoms with Gasteiger partial charge in [0.1, 0.15) is 0 Å². The van der Waals surface area contributed by atoms with Crippen molar-refractivity contribution >= 4 is 17.7 Å². The smallest absolute Gasteiger partial charge is 0.248 e. The minimum Gasteiger partial charge on any atom is -0.396 e. The summed E-state index contributed by atoms with van der Waals surface area (Å²) >= 11 is 0. The highest BCUT2D eigenvalue weighted by Crippen LogP contribution is 2.20. The van der Waals surface area contributed by atoms with Crippen molar-refractivity contribution in [3.05, 3.63) is 25.3 Å². The molecule has 1 N–H and O–H groups in total. The van der Waals surface area contributed by atoms with Gasteiger partial charge in [0.25, 0.3) is 0 Å². The van der Waals surface area contributed by atoms with E-state index < -0.39 is 0 Å². The molecule has 2 rings (SSSR count). The Labute approximate surface area is 160 Å². The fourth-order valence-corrected chi connectivity index (χ4v) is 3.54. The van der Waals surface area contributed by atoms with Gasteiger partial charge in [-0.1, -0.05) is 13.2 Å². The van der Waals surface area contributed by atoms with Crippen LogP contribution in [0.2, 0.25) is 0 Å². The molecule has 0 spiro atoms. The van der Waals surface area contributed by atoms with Gasteiger partial charge in [-0.15, -0.1) is 0 Å². The average molecular weight is 378 g/mol. The van der Waals surface area contributed by atoms with Crippen molar-refractivity contribution in [3.8, 4) is 0 Å². The second kappa shape index (κ2) is 10.2. The molecule has 150 valence electrons. The van der Waals surface area contributed by atoms with Crippen LogP contribution in [-0.2, 0) is 14.4 Å². The lowest BCUT2D eigenvalue weighted by molar-refractivity contribution is -0.154. The number of hydrogen-bond donors (Lipinski definition) is 1. The standard InChI is InChI=1S/C19H30N4O4/c1-3-17(25)21-13-22(18(26)4-2)15-23(14-21)19(27)7-11-20-9-5-16(6-10-20)8-12-24/h3-4,16,24H,1-2,5-15H2. The zero-order valence-corrected chi connectivity index (χ0v) is 15.9. The maximum Gasteiger partial charge on any atom is 0.248 e. The molecule has 2 fully saturated rings. The number of amides is 3. The van der Waals surface area contributed by atoms with E-state index in [1.807, 2.05) is 0 Å². The number of rotatable bonds is 7. The number of hydrogen-bond acceptors (Lipinski definition) is 5. The van der Waals surface area contributed by atoms with E-state index in [0.717, 1.165) is 32.4 Å². The van der Waals surface area contributed by atoms with Gasteiger partial charge >= 0.3 is 0 Å². The molecule has 0 bridgehead atoms. The Balaban J connectivity index is 1.88. The summed E-state index contributed by atoms with van der Waals surface area (Å²) in [5.41, 5.74) is 0. The highest BCUT2D eigenvalue weighted by molar-refractivity contribution is 5.90. The summed E-state index contributed by atoms with van der Waals surface area (Å²) in [7, 11) is 0. The van der Waals surface area contributed by atoms with Crippen molar-refractivity contribution in [1.82, 2.24) is 19.6 Å². The molecule has 2 saturated heterocycles. The van der Waals surface area contributed by atoms with E-state index in [0.29, 0.717) is 18.9 Å². The Morgan fingerprint density at radius 3 is 1.93 bits per heavy atom. The van der Waals surface area contributed by atoms with Gasteiger partial charge in [0.2, 0.25) is 17.7 Å². The molecule has 0 atom stereocenters. The first-order chi connectivity index (χ1) is 13.0. The van der Waals surface area contributed by atoms with Crippen molar-refractivity contribution in [2.24, 2.45) is 5.92 Å². The molecule has 0 aromatic heterocycles. The number of nitrogens with zero attached hydrogens (tertiary/aromatic N) is 4. The van der Waals surface area contributed by atoms with Crippen LogP contribution in [0.5, 0.6) is 0 Å². The zero-order chi connectivity index (χ0) is 19.8. The number of piperidine rings is 1. The first-order valence-electron chi connectivity index (χ1n) is 9.42. The number of carbonyl (C=O) groups excluding carboxylic acids is 3. The Kier molecular flexibility index (Phi) is 7.99. The average Bonchev–Trinajstić information content (AvgIpc) is 2.71. The molecule has 0 unspecified atom stereocenters. The fourth-order valence-electron chi connectivity index (χ4n) is 3.54. The van der Waals surface area contributed by atoms with E-state index in [1.165, 1.54) is 26.9 Å². The van der Waals surface area contributed by atoms with Gasteiger partial charge in [-0.05, 0) is 50.4 Å². The molecule has 2 aliphatic rings. The maximum atomic E-state index is 12.7. The van der Waals surface area contributed by atoms with Gasteiger partial charge in [0.05, 0.1) is 20.0 Å². The van der Waals surface area contributed by atoms with Gasteiger partial charge in [0, 0.05) is 19.6 Å². The molecule has 0 aliphatic carbocycles. The third-order valence-corrected chi connectivity index (χ3v) is 5.24. The van der Waals surface area contributed by atoms with Crippen LogP contribution in [-0.4, -0.2) is 88.7 Å². The number of aliphatic hydroxyl groups excluding tert-OH is 1. The molecule has 3 amide bonds. The van der Waals surface area contributed by atoms with E-state index in [1.54, 1.807) is 0 Å². The van der Waals surface area contributed by atoms with E-state index >= 15 is 0 Å². The van der Waals surface area contributed by atoms with Gasteiger partial charge in [-0.2, -0.15) is 0 Å². The second-order valence-corrected chi connectivity index (χ2v) is 7.07. The summed E-state index contributed by atoms with van der Waals surface area (Å²) in [6.07, 6.45) is 5.64. The first-order valence-corrected chi connectivity index (χ1v) is 9.42. The zero-order valence-electron chi connectivity index (χ0n) is 15.9. The Morgan fingerprint density at radius 2 is 1.44 bits per heavy atom. The first kappa shape index (κ1) is 21.1. The van der Waals surface area contributed by atoms with Crippen LogP contribution in [0.3, 0.4) is 0 Å². The second-order valence-electron chi connectivity index (χ2n) is 7.07. The maximum absolute atomic E-state index is 12.7. The van der Waals surface area contributed by atoms with Crippen molar-refractivity contribution in [1.29, 1.82) is 0 Å². The van der Waals surface area contributed by atoms with E-state index in [4.69, 9.17) is 5.11 Å². The molecule has 0 radical (unpaired) electrons. The Morgan fingerprint density at radius 1 is 0.926 bits per heavy atom. The SMILES string of the molecule is C=CC(=O)N1CN(C(=O)C=C)CN(C(=O)CCN2CCC(CCO)CC2)C1. The summed E-state index contributed by atoms with van der Waals surface area (Å²) in [6, 6.07) is 0. The lowest BCUT2D eigenvalue weighted by Gasteiger charge is -2.41. The minimum absolute atomic E-state index is 0.0871. The highest BCUT2D eigenvalue weighted by Gasteiger charge is 2.30. The minimum atomic E-state index is -0.319.